The van der Waals surface area contributed by atoms with Gasteiger partial charge in [0.15, 0.2) is 22.9 Å². The van der Waals surface area contributed by atoms with Crippen LogP contribution in [0.2, 0.25) is 36.3 Å². The fraction of sp³-hybridized carbons (Fsp3) is 0.903. The molecule has 0 saturated heterocycles. The number of hydrogen-bond donors (Lipinski definition) is 0. The first-order valence-corrected chi connectivity index (χ1v) is 21.0. The average molecular weight is 571 g/mol. The van der Waals surface area contributed by atoms with Gasteiger partial charge in [0.2, 0.25) is 0 Å². The lowest BCUT2D eigenvalue weighted by molar-refractivity contribution is -0.163. The summed E-state index contributed by atoms with van der Waals surface area (Å²) in [5.41, 5.74) is 0. The number of unbranched alkanes of at least 4 members (excludes halogenated alkanes) is 2. The van der Waals surface area contributed by atoms with Crippen LogP contribution in [0, 0.1) is 11.8 Å². The van der Waals surface area contributed by atoms with Crippen LogP contribution in [0.15, 0.2) is 12.2 Å². The number of rotatable bonds is 16. The second kappa shape index (κ2) is 15.1. The molecule has 0 aromatic heterocycles. The monoisotopic (exact) mass is 570 g/mol. The molecule has 0 aromatic rings. The molecule has 0 heterocycles. The van der Waals surface area contributed by atoms with Crippen molar-refractivity contribution in [3.8, 4) is 0 Å². The van der Waals surface area contributed by atoms with E-state index in [0.717, 1.165) is 25.5 Å². The molecule has 1 fully saturated rings. The van der Waals surface area contributed by atoms with Gasteiger partial charge in [-0.25, -0.2) is 0 Å². The Bertz CT molecular complexity index is 723. The molecule has 0 aliphatic heterocycles. The average Bonchev–Trinajstić information content (AvgIpc) is 3.05. The number of carbonyl (C=O) groups is 1. The lowest BCUT2D eigenvalue weighted by Crippen LogP contribution is -2.45. The van der Waals surface area contributed by atoms with Crippen LogP contribution in [-0.2, 0) is 23.1 Å². The summed E-state index contributed by atoms with van der Waals surface area (Å²) >= 11 is 0. The molecule has 0 radical (unpaired) electrons. The maximum absolute atomic E-state index is 11.9. The van der Waals surface area contributed by atoms with Crippen LogP contribution in [0.25, 0.3) is 0 Å². The fourth-order valence-electron chi connectivity index (χ4n) is 4.73. The molecule has 0 amide bonds. The van der Waals surface area contributed by atoms with Crippen LogP contribution in [0.1, 0.15) is 101 Å². The van der Waals surface area contributed by atoms with E-state index in [0.29, 0.717) is 13.0 Å². The quantitative estimate of drug-likeness (QED) is 0.0609. The molecular weight excluding hydrogens is 509 g/mol. The largest absolute Gasteiger partial charge is 0.414 e. The standard InChI is InChI=1S/C31H62O5Si2/c1-14-16-17-18-25(35-37(10,11)30(4,5)6)19-20-26-27(21-22-32)29(36-38(12,13)31(7,8)9)23-28(26)34-24(3)33-15-2/h19-20,22,24-29H,14-18,21,23H2,1-13H3/b20-19+/t24?,25-,26+,27-,28+,29-/m0/s1. The van der Waals surface area contributed by atoms with Crippen molar-refractivity contribution in [2.24, 2.45) is 11.8 Å². The van der Waals surface area contributed by atoms with Gasteiger partial charge in [-0.05, 0) is 68.9 Å². The highest BCUT2D eigenvalue weighted by molar-refractivity contribution is 6.74. The van der Waals surface area contributed by atoms with E-state index in [4.69, 9.17) is 18.3 Å². The summed E-state index contributed by atoms with van der Waals surface area (Å²) in [5, 5.41) is 0.251. The molecule has 5 nitrogen and oxygen atoms in total. The number of aldehydes is 1. The van der Waals surface area contributed by atoms with Crippen molar-refractivity contribution < 1.29 is 23.1 Å². The minimum absolute atomic E-state index is 0.00517. The van der Waals surface area contributed by atoms with Crippen molar-refractivity contribution in [2.75, 3.05) is 6.61 Å². The lowest BCUT2D eigenvalue weighted by atomic mass is 9.90. The zero-order valence-electron chi connectivity index (χ0n) is 27.2. The van der Waals surface area contributed by atoms with Gasteiger partial charge in [0.25, 0.3) is 0 Å². The van der Waals surface area contributed by atoms with Crippen molar-refractivity contribution in [1.82, 2.24) is 0 Å². The molecule has 0 aromatic carbocycles. The first-order valence-electron chi connectivity index (χ1n) is 15.1. The minimum Gasteiger partial charge on any atom is -0.414 e. The Balaban J connectivity index is 3.35. The van der Waals surface area contributed by atoms with Gasteiger partial charge < -0.3 is 23.1 Å². The second-order valence-electron chi connectivity index (χ2n) is 14.3. The van der Waals surface area contributed by atoms with Crippen molar-refractivity contribution in [2.45, 2.75) is 162 Å². The summed E-state index contributed by atoms with van der Waals surface area (Å²) in [7, 11) is -3.96. The molecular formula is C31H62O5Si2. The summed E-state index contributed by atoms with van der Waals surface area (Å²) in [5.74, 6) is 0.162. The van der Waals surface area contributed by atoms with E-state index in [-0.39, 0.29) is 46.5 Å². The lowest BCUT2D eigenvalue weighted by Gasteiger charge is -2.40. The molecule has 7 heteroatoms. The number of ether oxygens (including phenoxy) is 2. The number of carbonyl (C=O) groups excluding carboxylic acids is 1. The normalized spacial score (nSPS) is 25.2. The van der Waals surface area contributed by atoms with Gasteiger partial charge in [-0.3, -0.25) is 0 Å². The van der Waals surface area contributed by atoms with Crippen LogP contribution in [-0.4, -0.2) is 54.1 Å². The third-order valence-electron chi connectivity index (χ3n) is 9.15. The molecule has 1 aliphatic rings. The van der Waals surface area contributed by atoms with E-state index in [1.807, 2.05) is 13.8 Å². The van der Waals surface area contributed by atoms with E-state index in [2.05, 4.69) is 86.8 Å². The molecule has 1 rings (SSSR count). The summed E-state index contributed by atoms with van der Waals surface area (Å²) in [6.45, 7) is 29.8. The Labute approximate surface area is 238 Å². The molecule has 0 bridgehead atoms. The molecule has 38 heavy (non-hydrogen) atoms. The van der Waals surface area contributed by atoms with Crippen LogP contribution < -0.4 is 0 Å². The maximum Gasteiger partial charge on any atom is 0.192 e. The van der Waals surface area contributed by atoms with E-state index in [9.17, 15) is 4.79 Å². The Morgan fingerprint density at radius 2 is 1.53 bits per heavy atom. The SMILES string of the molecule is CCCCC[C@@H](/C=C/[C@@H]1[C@H](CC=O)[C@@H](O[Si](C)(C)C(C)(C)C)C[C@H]1OC(C)OCC)O[Si](C)(C)C(C)(C)C. The predicted octanol–water partition coefficient (Wildman–Crippen LogP) is 8.90. The first kappa shape index (κ1) is 35.7. The van der Waals surface area contributed by atoms with Gasteiger partial charge in [0.1, 0.15) is 6.29 Å². The van der Waals surface area contributed by atoms with Crippen LogP contribution in [0.3, 0.4) is 0 Å². The topological polar surface area (TPSA) is 54.0 Å². The van der Waals surface area contributed by atoms with Crippen molar-refractivity contribution in [3.63, 3.8) is 0 Å². The number of hydrogen-bond acceptors (Lipinski definition) is 5. The molecule has 1 unspecified atom stereocenters. The van der Waals surface area contributed by atoms with Gasteiger partial charge in [-0.2, -0.15) is 0 Å². The Kier molecular flexibility index (Phi) is 14.2. The Morgan fingerprint density at radius 1 is 0.921 bits per heavy atom. The molecule has 6 atom stereocenters. The maximum atomic E-state index is 11.9. The highest BCUT2D eigenvalue weighted by atomic mass is 28.4. The highest BCUT2D eigenvalue weighted by Gasteiger charge is 2.48. The van der Waals surface area contributed by atoms with E-state index in [1.54, 1.807) is 0 Å². The summed E-state index contributed by atoms with van der Waals surface area (Å²) in [4.78, 5) is 11.9. The van der Waals surface area contributed by atoms with Gasteiger partial charge in [-0.15, -0.1) is 0 Å². The van der Waals surface area contributed by atoms with Crippen LogP contribution in [0.4, 0.5) is 0 Å². The van der Waals surface area contributed by atoms with Gasteiger partial charge in [0, 0.05) is 18.9 Å². The molecule has 0 N–H and O–H groups in total. The Hall–Kier alpha value is -0.316. The van der Waals surface area contributed by atoms with Gasteiger partial charge in [0.05, 0.1) is 18.3 Å². The smallest absolute Gasteiger partial charge is 0.192 e. The molecule has 1 aliphatic carbocycles. The summed E-state index contributed by atoms with van der Waals surface area (Å²) in [6, 6.07) is 0. The van der Waals surface area contributed by atoms with Gasteiger partial charge in [-0.1, -0.05) is 79.9 Å². The third-order valence-corrected chi connectivity index (χ3v) is 18.2. The van der Waals surface area contributed by atoms with Crippen molar-refractivity contribution in [1.29, 1.82) is 0 Å². The molecule has 0 spiro atoms. The Morgan fingerprint density at radius 3 is 2.03 bits per heavy atom. The molecule has 1 saturated carbocycles. The van der Waals surface area contributed by atoms with E-state index in [1.165, 1.54) is 12.8 Å². The van der Waals surface area contributed by atoms with E-state index >= 15 is 0 Å². The first-order chi connectivity index (χ1) is 17.4. The highest BCUT2D eigenvalue weighted by Crippen LogP contribution is 2.45. The molecule has 224 valence electrons. The van der Waals surface area contributed by atoms with Gasteiger partial charge >= 0.3 is 0 Å². The zero-order valence-corrected chi connectivity index (χ0v) is 29.2. The summed E-state index contributed by atoms with van der Waals surface area (Å²) in [6.07, 6.45) is 11.2. The summed E-state index contributed by atoms with van der Waals surface area (Å²) < 4.78 is 26.1. The van der Waals surface area contributed by atoms with E-state index < -0.39 is 16.6 Å². The second-order valence-corrected chi connectivity index (χ2v) is 23.8. The minimum atomic E-state index is -2.02. The van der Waals surface area contributed by atoms with Crippen molar-refractivity contribution >= 4 is 22.9 Å². The fourth-order valence-corrected chi connectivity index (χ4v) is 7.41. The third kappa shape index (κ3) is 10.6. The predicted molar refractivity (Wildman–Crippen MR) is 166 cm³/mol. The van der Waals surface area contributed by atoms with Crippen LogP contribution >= 0.6 is 0 Å². The van der Waals surface area contributed by atoms with Crippen LogP contribution in [0.5, 0.6) is 0 Å². The van der Waals surface area contributed by atoms with Crippen molar-refractivity contribution in [3.05, 3.63) is 12.2 Å². The zero-order chi connectivity index (χ0) is 29.4.